The number of carbonyl (C=O) groups is 1. The van der Waals surface area contributed by atoms with Gasteiger partial charge in [0.2, 0.25) is 5.91 Å². The summed E-state index contributed by atoms with van der Waals surface area (Å²) in [4.78, 5) is 30.7. The summed E-state index contributed by atoms with van der Waals surface area (Å²) >= 11 is 0. The number of aromatic nitrogens is 2. The minimum Gasteiger partial charge on any atom is -0.352 e. The first-order valence-electron chi connectivity index (χ1n) is 9.19. The minimum atomic E-state index is -0.0573. The van der Waals surface area contributed by atoms with Gasteiger partial charge in [-0.05, 0) is 44.0 Å². The summed E-state index contributed by atoms with van der Waals surface area (Å²) in [5.41, 5.74) is 2.02. The summed E-state index contributed by atoms with van der Waals surface area (Å²) in [5.74, 6) is 0.00776. The number of rotatable bonds is 6. The zero-order chi connectivity index (χ0) is 18.4. The fraction of sp³-hybridized carbons (Fsp3) is 0.450. The van der Waals surface area contributed by atoms with E-state index in [-0.39, 0.29) is 17.5 Å². The van der Waals surface area contributed by atoms with E-state index in [1.54, 1.807) is 16.8 Å². The van der Waals surface area contributed by atoms with Gasteiger partial charge in [0.15, 0.2) is 0 Å². The molecule has 3 rings (SSSR count). The van der Waals surface area contributed by atoms with Gasteiger partial charge in [-0.25, -0.2) is 0 Å². The highest BCUT2D eigenvalue weighted by atomic mass is 16.2. The number of amides is 1. The van der Waals surface area contributed by atoms with Gasteiger partial charge < -0.3 is 9.88 Å². The largest absolute Gasteiger partial charge is 0.352 e. The molecule has 2 aromatic rings. The van der Waals surface area contributed by atoms with Gasteiger partial charge in [0.1, 0.15) is 0 Å². The molecule has 2 aromatic heterocycles. The van der Waals surface area contributed by atoms with Gasteiger partial charge in [-0.2, -0.15) is 0 Å². The van der Waals surface area contributed by atoms with Gasteiger partial charge >= 0.3 is 0 Å². The molecule has 0 aliphatic carbocycles. The third-order valence-corrected chi connectivity index (χ3v) is 4.83. The first-order valence-corrected chi connectivity index (χ1v) is 9.19. The Labute approximate surface area is 153 Å². The van der Waals surface area contributed by atoms with Gasteiger partial charge in [-0.3, -0.25) is 19.5 Å². The highest BCUT2D eigenvalue weighted by Crippen LogP contribution is 2.13. The zero-order valence-electron chi connectivity index (χ0n) is 15.2. The number of nitrogens with one attached hydrogen (secondary N) is 1. The Morgan fingerprint density at radius 1 is 1.31 bits per heavy atom. The molecular weight excluding hydrogens is 328 g/mol. The van der Waals surface area contributed by atoms with Crippen LogP contribution in [0, 0.1) is 6.92 Å². The molecule has 6 nitrogen and oxygen atoms in total. The Hall–Kier alpha value is -2.47. The lowest BCUT2D eigenvalue weighted by Gasteiger charge is -2.33. The van der Waals surface area contributed by atoms with Crippen molar-refractivity contribution in [3.05, 3.63) is 64.3 Å². The highest BCUT2D eigenvalue weighted by molar-refractivity contribution is 5.76. The van der Waals surface area contributed by atoms with Crippen LogP contribution in [0.1, 0.15) is 30.5 Å². The van der Waals surface area contributed by atoms with Crippen molar-refractivity contribution < 1.29 is 4.79 Å². The van der Waals surface area contributed by atoms with Crippen LogP contribution >= 0.6 is 0 Å². The molecule has 1 amide bonds. The van der Waals surface area contributed by atoms with Gasteiger partial charge in [0.05, 0.1) is 0 Å². The molecule has 1 atom stereocenters. The van der Waals surface area contributed by atoms with Crippen molar-refractivity contribution in [2.45, 2.75) is 45.3 Å². The van der Waals surface area contributed by atoms with Crippen molar-refractivity contribution in [3.8, 4) is 0 Å². The maximum atomic E-state index is 12.3. The molecule has 6 heteroatoms. The van der Waals surface area contributed by atoms with E-state index in [0.717, 1.165) is 38.2 Å². The summed E-state index contributed by atoms with van der Waals surface area (Å²) in [6, 6.07) is 9.36. The lowest BCUT2D eigenvalue weighted by atomic mass is 10.0. The van der Waals surface area contributed by atoms with E-state index in [1.807, 2.05) is 25.3 Å². The number of carbonyl (C=O) groups excluding carboxylic acids is 1. The Kier molecular flexibility index (Phi) is 6.17. The first kappa shape index (κ1) is 18.3. The molecule has 1 aliphatic heterocycles. The van der Waals surface area contributed by atoms with Crippen LogP contribution in [0.2, 0.25) is 0 Å². The normalized spacial score (nSPS) is 17.8. The number of nitrogens with zero attached hydrogens (tertiary/aromatic N) is 3. The Morgan fingerprint density at radius 3 is 2.96 bits per heavy atom. The Bertz CT molecular complexity index is 788. The second kappa shape index (κ2) is 8.76. The summed E-state index contributed by atoms with van der Waals surface area (Å²) in [6.45, 7) is 5.06. The van der Waals surface area contributed by atoms with Crippen LogP contribution in [0.5, 0.6) is 0 Å². The molecule has 0 spiro atoms. The van der Waals surface area contributed by atoms with Gasteiger partial charge in [0.25, 0.3) is 5.56 Å². The van der Waals surface area contributed by atoms with E-state index in [0.29, 0.717) is 13.0 Å². The second-order valence-electron chi connectivity index (χ2n) is 6.91. The number of aryl methyl sites for hydroxylation is 1. The quantitative estimate of drug-likeness (QED) is 0.858. The molecule has 0 aromatic carbocycles. The molecule has 138 valence electrons. The number of piperidine rings is 1. The summed E-state index contributed by atoms with van der Waals surface area (Å²) in [6.07, 6.45) is 6.07. The zero-order valence-corrected chi connectivity index (χ0v) is 15.2. The van der Waals surface area contributed by atoms with E-state index < -0.39 is 0 Å². The summed E-state index contributed by atoms with van der Waals surface area (Å²) < 4.78 is 1.65. The highest BCUT2D eigenvalue weighted by Gasteiger charge is 2.21. The topological polar surface area (TPSA) is 67.2 Å². The van der Waals surface area contributed by atoms with Crippen molar-refractivity contribution in [1.29, 1.82) is 0 Å². The van der Waals surface area contributed by atoms with Crippen molar-refractivity contribution in [3.63, 3.8) is 0 Å². The number of likely N-dealkylation sites (tertiary alicyclic amines) is 1. The van der Waals surface area contributed by atoms with Gasteiger partial charge in [-0.1, -0.05) is 12.1 Å². The van der Waals surface area contributed by atoms with Crippen LogP contribution in [0.3, 0.4) is 0 Å². The molecule has 1 saturated heterocycles. The smallest absolute Gasteiger partial charge is 0.250 e. The Balaban J connectivity index is 1.48. The lowest BCUT2D eigenvalue weighted by Crippen LogP contribution is -2.47. The van der Waals surface area contributed by atoms with Crippen molar-refractivity contribution in [2.24, 2.45) is 0 Å². The standard InChI is InChI=1S/C20H26N4O2/c1-16-5-2-8-20(26)24(16)12-9-19(25)22-18-7-4-11-23(15-18)14-17-6-3-10-21-13-17/h2-3,5-6,8,10,13,18H,4,7,9,11-12,14-15H2,1H3,(H,22,25)/t18-/m1/s1. The maximum Gasteiger partial charge on any atom is 0.250 e. The van der Waals surface area contributed by atoms with Crippen LogP contribution in [-0.2, 0) is 17.9 Å². The van der Waals surface area contributed by atoms with E-state index >= 15 is 0 Å². The van der Waals surface area contributed by atoms with Crippen molar-refractivity contribution >= 4 is 5.91 Å². The third kappa shape index (κ3) is 5.02. The summed E-state index contributed by atoms with van der Waals surface area (Å²) in [5, 5.41) is 3.13. The van der Waals surface area contributed by atoms with Gasteiger partial charge in [-0.15, -0.1) is 0 Å². The third-order valence-electron chi connectivity index (χ3n) is 4.83. The first-order chi connectivity index (χ1) is 12.6. The van der Waals surface area contributed by atoms with Crippen LogP contribution in [0.4, 0.5) is 0 Å². The fourth-order valence-electron chi connectivity index (χ4n) is 3.49. The lowest BCUT2D eigenvalue weighted by molar-refractivity contribution is -0.122. The molecule has 26 heavy (non-hydrogen) atoms. The molecule has 0 unspecified atom stereocenters. The molecule has 0 bridgehead atoms. The van der Waals surface area contributed by atoms with Crippen LogP contribution in [-0.4, -0.2) is 39.5 Å². The van der Waals surface area contributed by atoms with E-state index in [1.165, 1.54) is 11.6 Å². The van der Waals surface area contributed by atoms with Crippen LogP contribution in [0.25, 0.3) is 0 Å². The average molecular weight is 354 g/mol. The SMILES string of the molecule is Cc1cccc(=O)n1CCC(=O)N[C@@H]1CCCN(Cc2cccnc2)C1. The number of hydrogen-bond donors (Lipinski definition) is 1. The summed E-state index contributed by atoms with van der Waals surface area (Å²) in [7, 11) is 0. The van der Waals surface area contributed by atoms with Crippen molar-refractivity contribution in [2.75, 3.05) is 13.1 Å². The number of pyridine rings is 2. The maximum absolute atomic E-state index is 12.3. The molecule has 3 heterocycles. The number of hydrogen-bond acceptors (Lipinski definition) is 4. The predicted octanol–water partition coefficient (Wildman–Crippen LogP) is 1.72. The van der Waals surface area contributed by atoms with E-state index in [9.17, 15) is 9.59 Å². The molecular formula is C20H26N4O2. The van der Waals surface area contributed by atoms with Crippen LogP contribution < -0.4 is 10.9 Å². The molecule has 0 saturated carbocycles. The van der Waals surface area contributed by atoms with Crippen LogP contribution in [0.15, 0.2) is 47.5 Å². The monoisotopic (exact) mass is 354 g/mol. The minimum absolute atomic E-state index is 0.00776. The molecule has 0 radical (unpaired) electrons. The molecule has 1 N–H and O–H groups in total. The second-order valence-corrected chi connectivity index (χ2v) is 6.91. The van der Waals surface area contributed by atoms with Crippen molar-refractivity contribution in [1.82, 2.24) is 19.8 Å². The predicted molar refractivity (Wildman–Crippen MR) is 101 cm³/mol. The molecule has 1 fully saturated rings. The molecule has 1 aliphatic rings. The van der Waals surface area contributed by atoms with E-state index in [2.05, 4.69) is 21.3 Å². The fourth-order valence-corrected chi connectivity index (χ4v) is 3.49. The van der Waals surface area contributed by atoms with E-state index in [4.69, 9.17) is 0 Å². The average Bonchev–Trinajstić information content (AvgIpc) is 2.62. The Morgan fingerprint density at radius 2 is 2.19 bits per heavy atom. The van der Waals surface area contributed by atoms with Gasteiger partial charge in [0, 0.05) is 56.3 Å².